The molecule has 0 aromatic carbocycles. The molecule has 1 aromatic rings. The third-order valence-corrected chi connectivity index (χ3v) is 8.41. The number of nitrogens with one attached hydrogen (secondary N) is 2. The van der Waals surface area contributed by atoms with E-state index in [0.717, 1.165) is 47.4 Å². The van der Waals surface area contributed by atoms with Crippen molar-refractivity contribution in [2.24, 2.45) is 23.7 Å². The molecule has 0 radical (unpaired) electrons. The molecule has 2 heterocycles. The second kappa shape index (κ2) is 8.64. The minimum absolute atomic E-state index is 0.0187. The number of rotatable bonds is 5. The van der Waals surface area contributed by atoms with Crippen molar-refractivity contribution in [3.05, 3.63) is 28.2 Å². The van der Waals surface area contributed by atoms with Gasteiger partial charge in [-0.25, -0.2) is 4.79 Å². The third kappa shape index (κ3) is 3.78. The Morgan fingerprint density at radius 3 is 2.48 bits per heavy atom. The molecule has 1 aliphatic heterocycles. The molecule has 1 saturated heterocycles. The van der Waals surface area contributed by atoms with E-state index >= 15 is 0 Å². The fourth-order valence-corrected chi connectivity index (χ4v) is 7.20. The Balaban J connectivity index is 1.24. The van der Waals surface area contributed by atoms with Gasteiger partial charge in [-0.2, -0.15) is 0 Å². The monoisotopic (exact) mass is 487 g/mol. The topological polar surface area (TPSA) is 105 Å². The van der Waals surface area contributed by atoms with Gasteiger partial charge in [0.05, 0.1) is 24.0 Å². The maximum Gasteiger partial charge on any atom is 0.341 e. The number of hydrogen-bond donors (Lipinski definition) is 2. The zero-order chi connectivity index (χ0) is 23.3. The molecule has 33 heavy (non-hydrogen) atoms. The van der Waals surface area contributed by atoms with Crippen LogP contribution < -0.4 is 10.6 Å². The third-order valence-electron chi connectivity index (χ3n) is 6.99. The molecule has 174 valence electrons. The molecule has 2 N–H and O–H groups in total. The predicted molar refractivity (Wildman–Crippen MR) is 126 cm³/mol. The molecule has 8 nitrogen and oxygen atoms in total. The minimum atomic E-state index is -0.548. The molecule has 3 amide bonds. The lowest BCUT2D eigenvalue weighted by atomic mass is 9.85. The van der Waals surface area contributed by atoms with Crippen LogP contribution in [-0.2, 0) is 32.0 Å². The summed E-state index contributed by atoms with van der Waals surface area (Å²) in [4.78, 5) is 53.0. The first kappa shape index (κ1) is 22.2. The van der Waals surface area contributed by atoms with Crippen molar-refractivity contribution < 1.29 is 23.9 Å². The van der Waals surface area contributed by atoms with E-state index in [1.807, 2.05) is 12.2 Å². The van der Waals surface area contributed by atoms with Crippen LogP contribution in [-0.4, -0.2) is 46.9 Å². The first-order valence-electron chi connectivity index (χ1n) is 11.3. The summed E-state index contributed by atoms with van der Waals surface area (Å²) in [6, 6.07) is 0. The average molecular weight is 488 g/mol. The molecule has 4 unspecified atom stereocenters. The van der Waals surface area contributed by atoms with Crippen molar-refractivity contribution in [3.8, 4) is 0 Å². The van der Waals surface area contributed by atoms with E-state index in [2.05, 4.69) is 10.6 Å². The number of hydrogen-bond acceptors (Lipinski definition) is 7. The largest absolute Gasteiger partial charge is 0.462 e. The molecular weight excluding hydrogens is 462 g/mol. The summed E-state index contributed by atoms with van der Waals surface area (Å²) in [7, 11) is 0. The highest BCUT2D eigenvalue weighted by Crippen LogP contribution is 2.52. The van der Waals surface area contributed by atoms with Gasteiger partial charge in [-0.05, 0) is 68.6 Å². The molecule has 3 aliphatic carbocycles. The van der Waals surface area contributed by atoms with Gasteiger partial charge in [-0.3, -0.25) is 19.3 Å². The predicted octanol–water partition coefficient (Wildman–Crippen LogP) is 2.42. The fraction of sp³-hybridized carbons (Fsp3) is 0.522. The quantitative estimate of drug-likeness (QED) is 0.284. The van der Waals surface area contributed by atoms with E-state index in [-0.39, 0.29) is 53.8 Å². The fourth-order valence-electron chi connectivity index (χ4n) is 5.64. The van der Waals surface area contributed by atoms with Gasteiger partial charge in [0, 0.05) is 4.88 Å². The summed E-state index contributed by atoms with van der Waals surface area (Å²) in [6.07, 6.45) is 8.64. The zero-order valence-electron chi connectivity index (χ0n) is 18.2. The second-order valence-electron chi connectivity index (χ2n) is 8.90. The minimum Gasteiger partial charge on any atom is -0.462 e. The molecule has 2 fully saturated rings. The van der Waals surface area contributed by atoms with Crippen molar-refractivity contribution in [2.45, 2.75) is 39.0 Å². The van der Waals surface area contributed by atoms with E-state index in [4.69, 9.17) is 17.0 Å². The molecule has 1 aromatic heterocycles. The number of thiophene rings is 1. The Morgan fingerprint density at radius 1 is 1.15 bits per heavy atom. The van der Waals surface area contributed by atoms with Crippen LogP contribution in [0.25, 0.3) is 0 Å². The summed E-state index contributed by atoms with van der Waals surface area (Å²) in [5, 5.41) is 6.09. The number of carbonyl (C=O) groups excluding carboxylic acids is 4. The molecule has 2 bridgehead atoms. The van der Waals surface area contributed by atoms with E-state index in [0.29, 0.717) is 10.6 Å². The number of aryl methyl sites for hydroxylation is 1. The smallest absolute Gasteiger partial charge is 0.341 e. The number of thiocarbonyl (C=S) groups is 1. The van der Waals surface area contributed by atoms with Crippen LogP contribution in [0.2, 0.25) is 0 Å². The number of allylic oxidation sites excluding steroid dienone is 2. The van der Waals surface area contributed by atoms with Gasteiger partial charge in [-0.15, -0.1) is 11.3 Å². The Morgan fingerprint density at radius 2 is 1.82 bits per heavy atom. The van der Waals surface area contributed by atoms with Gasteiger partial charge >= 0.3 is 5.97 Å². The number of esters is 1. The number of ether oxygens (including phenoxy) is 1. The van der Waals surface area contributed by atoms with E-state index in [1.165, 1.54) is 11.3 Å². The lowest BCUT2D eigenvalue weighted by Gasteiger charge is -2.17. The van der Waals surface area contributed by atoms with Crippen LogP contribution in [0.15, 0.2) is 12.2 Å². The first-order valence-corrected chi connectivity index (χ1v) is 12.6. The van der Waals surface area contributed by atoms with Gasteiger partial charge in [0.25, 0.3) is 0 Å². The first-order chi connectivity index (χ1) is 15.9. The number of nitrogens with zero attached hydrogens (tertiary/aromatic N) is 1. The normalized spacial score (nSPS) is 26.9. The van der Waals surface area contributed by atoms with Gasteiger partial charge in [0.2, 0.25) is 17.7 Å². The maximum atomic E-state index is 12.8. The van der Waals surface area contributed by atoms with Gasteiger partial charge in [0.15, 0.2) is 5.11 Å². The van der Waals surface area contributed by atoms with Crippen molar-refractivity contribution in [1.82, 2.24) is 10.2 Å². The summed E-state index contributed by atoms with van der Waals surface area (Å²) in [5.74, 6) is -1.98. The number of fused-ring (bicyclic) bond motifs is 6. The number of carbonyl (C=O) groups is 4. The van der Waals surface area contributed by atoms with E-state index in [1.54, 1.807) is 6.92 Å². The SMILES string of the molecule is CCOC(=O)c1c(NC(=S)NC(=O)CN2C(=O)C3C4C=CC(C4)C3C2=O)sc2c1CCCC2. The zero-order valence-corrected chi connectivity index (χ0v) is 19.9. The van der Waals surface area contributed by atoms with E-state index in [9.17, 15) is 19.2 Å². The van der Waals surface area contributed by atoms with Crippen LogP contribution in [0.5, 0.6) is 0 Å². The molecular formula is C23H25N3O5S2. The van der Waals surface area contributed by atoms with Crippen LogP contribution in [0, 0.1) is 23.7 Å². The molecule has 0 spiro atoms. The summed E-state index contributed by atoms with van der Waals surface area (Å²) in [6.45, 7) is 1.66. The van der Waals surface area contributed by atoms with Gasteiger partial charge in [0.1, 0.15) is 11.5 Å². The van der Waals surface area contributed by atoms with Crippen LogP contribution in [0.1, 0.15) is 47.0 Å². The Labute approximate surface area is 200 Å². The maximum absolute atomic E-state index is 12.8. The molecule has 10 heteroatoms. The van der Waals surface area contributed by atoms with Crippen LogP contribution in [0.3, 0.4) is 0 Å². The molecule has 5 rings (SSSR count). The number of likely N-dealkylation sites (tertiary alicyclic amines) is 1. The van der Waals surface area contributed by atoms with Crippen molar-refractivity contribution in [2.75, 3.05) is 18.5 Å². The highest BCUT2D eigenvalue weighted by Gasteiger charge is 2.59. The van der Waals surface area contributed by atoms with E-state index < -0.39 is 11.9 Å². The highest BCUT2D eigenvalue weighted by atomic mass is 32.1. The Kier molecular flexibility index (Phi) is 5.82. The number of amides is 3. The van der Waals surface area contributed by atoms with Crippen LogP contribution >= 0.6 is 23.6 Å². The van der Waals surface area contributed by atoms with Crippen molar-refractivity contribution in [1.29, 1.82) is 0 Å². The lowest BCUT2D eigenvalue weighted by Crippen LogP contribution is -2.44. The van der Waals surface area contributed by atoms with Crippen LogP contribution in [0.4, 0.5) is 5.00 Å². The van der Waals surface area contributed by atoms with Crippen molar-refractivity contribution in [3.63, 3.8) is 0 Å². The highest BCUT2D eigenvalue weighted by molar-refractivity contribution is 7.80. The van der Waals surface area contributed by atoms with Crippen molar-refractivity contribution >= 4 is 57.4 Å². The lowest BCUT2D eigenvalue weighted by molar-refractivity contribution is -0.144. The number of imide groups is 1. The summed E-state index contributed by atoms with van der Waals surface area (Å²) in [5.41, 5.74) is 1.47. The van der Waals surface area contributed by atoms with Gasteiger partial charge < -0.3 is 15.4 Å². The Bertz CT molecular complexity index is 1060. The number of anilines is 1. The average Bonchev–Trinajstić information content (AvgIpc) is 3.52. The summed E-state index contributed by atoms with van der Waals surface area (Å²) >= 11 is 6.75. The molecule has 1 saturated carbocycles. The second-order valence-corrected chi connectivity index (χ2v) is 10.4. The standard InChI is InChI=1S/C23H25N3O5S2/c1-2-31-22(30)18-13-5-3-4-6-14(13)33-19(18)25-23(32)24-15(27)10-26-20(28)16-11-7-8-12(9-11)17(16)21(26)29/h7-8,11-12,16-17H,2-6,9-10H2,1H3,(H2,24,25,27,32). The van der Waals surface area contributed by atoms with Gasteiger partial charge in [-0.1, -0.05) is 12.2 Å². The molecule has 4 aliphatic rings. The Hall–Kier alpha value is -2.59. The molecule has 4 atom stereocenters. The summed E-state index contributed by atoms with van der Waals surface area (Å²) < 4.78 is 5.24.